The smallest absolute Gasteiger partial charge is 0.252 e. The van der Waals surface area contributed by atoms with Gasteiger partial charge >= 0.3 is 0 Å². The number of rotatable bonds is 6. The van der Waals surface area contributed by atoms with E-state index in [9.17, 15) is 22.9 Å². The highest BCUT2D eigenvalue weighted by Crippen LogP contribution is 2.32. The second-order valence-corrected chi connectivity index (χ2v) is 9.24. The second-order valence-electron chi connectivity index (χ2n) is 7.38. The molecule has 3 rings (SSSR count). The maximum Gasteiger partial charge on any atom is 0.252 e. The third-order valence-electron chi connectivity index (χ3n) is 5.38. The molecule has 0 saturated carbocycles. The van der Waals surface area contributed by atoms with Gasteiger partial charge < -0.3 is 10.1 Å². The molecule has 2 aromatic rings. The second kappa shape index (κ2) is 9.45. The molecule has 1 heterocycles. The Balaban J connectivity index is 1.93. The van der Waals surface area contributed by atoms with Crippen molar-refractivity contribution in [2.24, 2.45) is 0 Å². The van der Waals surface area contributed by atoms with E-state index in [-0.39, 0.29) is 27.8 Å². The minimum Gasteiger partial charge on any atom is -0.495 e. The maximum absolute atomic E-state index is 14.0. The quantitative estimate of drug-likeness (QED) is 0.735. The van der Waals surface area contributed by atoms with Crippen LogP contribution in [-0.4, -0.2) is 38.3 Å². The van der Waals surface area contributed by atoms with Gasteiger partial charge in [-0.25, -0.2) is 12.8 Å². The zero-order valence-electron chi connectivity index (χ0n) is 17.3. The monoisotopic (exact) mass is 445 g/mol. The Bertz CT molecular complexity index is 1110. The molecule has 0 aromatic heterocycles. The van der Waals surface area contributed by atoms with Gasteiger partial charge in [0.25, 0.3) is 5.91 Å². The number of sulfonamides is 1. The van der Waals surface area contributed by atoms with Crippen molar-refractivity contribution in [2.75, 3.05) is 13.7 Å². The van der Waals surface area contributed by atoms with E-state index >= 15 is 0 Å². The summed E-state index contributed by atoms with van der Waals surface area (Å²) >= 11 is 0. The number of piperidine rings is 1. The number of nitriles is 1. The summed E-state index contributed by atoms with van der Waals surface area (Å²) in [7, 11) is -2.54. The third-order valence-corrected chi connectivity index (χ3v) is 7.41. The number of hydrogen-bond acceptors (Lipinski definition) is 5. The van der Waals surface area contributed by atoms with Gasteiger partial charge in [-0.2, -0.15) is 9.57 Å². The van der Waals surface area contributed by atoms with Gasteiger partial charge in [-0.05, 0) is 44.0 Å². The molecule has 1 fully saturated rings. The topological polar surface area (TPSA) is 99.5 Å². The lowest BCUT2D eigenvalue weighted by Gasteiger charge is -2.32. The van der Waals surface area contributed by atoms with Crippen molar-refractivity contribution in [3.8, 4) is 11.8 Å². The van der Waals surface area contributed by atoms with Crippen LogP contribution in [0.2, 0.25) is 0 Å². The number of carbonyl (C=O) groups excluding carboxylic acids is 1. The molecule has 0 bridgehead atoms. The van der Waals surface area contributed by atoms with Crippen molar-refractivity contribution >= 4 is 15.9 Å². The Hall–Kier alpha value is -2.96. The van der Waals surface area contributed by atoms with E-state index < -0.39 is 27.8 Å². The summed E-state index contributed by atoms with van der Waals surface area (Å²) in [4.78, 5) is 12.7. The molecule has 1 aliphatic heterocycles. The minimum atomic E-state index is -3.90. The Morgan fingerprint density at radius 1 is 1.29 bits per heavy atom. The van der Waals surface area contributed by atoms with Crippen LogP contribution in [0, 0.1) is 17.1 Å². The summed E-state index contributed by atoms with van der Waals surface area (Å²) < 4.78 is 47.3. The zero-order chi connectivity index (χ0) is 22.6. The van der Waals surface area contributed by atoms with Crippen LogP contribution in [0.5, 0.6) is 5.75 Å². The molecule has 1 aliphatic rings. The van der Waals surface area contributed by atoms with Gasteiger partial charge in [0.1, 0.15) is 22.5 Å². The summed E-state index contributed by atoms with van der Waals surface area (Å²) in [5.41, 5.74) is 0.0578. The number of ether oxygens (including phenoxy) is 1. The largest absolute Gasteiger partial charge is 0.495 e. The first-order valence-electron chi connectivity index (χ1n) is 9.94. The molecule has 0 spiro atoms. The number of nitrogens with one attached hydrogen (secondary N) is 1. The number of hydrogen-bond donors (Lipinski definition) is 1. The van der Waals surface area contributed by atoms with Gasteiger partial charge in [0.05, 0.1) is 13.2 Å². The fourth-order valence-electron chi connectivity index (χ4n) is 3.68. The zero-order valence-corrected chi connectivity index (χ0v) is 18.2. The molecule has 31 heavy (non-hydrogen) atoms. The van der Waals surface area contributed by atoms with E-state index in [0.29, 0.717) is 6.54 Å². The number of benzene rings is 2. The van der Waals surface area contributed by atoms with Gasteiger partial charge in [0.15, 0.2) is 0 Å². The van der Waals surface area contributed by atoms with Crippen molar-refractivity contribution < 1.29 is 22.3 Å². The summed E-state index contributed by atoms with van der Waals surface area (Å²) in [5.74, 6) is -1.19. The molecule has 0 radical (unpaired) electrons. The lowest BCUT2D eigenvalue weighted by molar-refractivity contribution is 0.0944. The molecule has 1 amide bonds. The summed E-state index contributed by atoms with van der Waals surface area (Å²) in [6, 6.07) is 10.2. The number of nitrogens with zero attached hydrogens (tertiary/aromatic N) is 2. The minimum absolute atomic E-state index is 0.0284. The fraction of sp³-hybridized carbons (Fsp3) is 0.364. The van der Waals surface area contributed by atoms with E-state index in [2.05, 4.69) is 5.32 Å². The van der Waals surface area contributed by atoms with E-state index in [4.69, 9.17) is 4.74 Å². The highest BCUT2D eigenvalue weighted by Gasteiger charge is 2.33. The van der Waals surface area contributed by atoms with Crippen LogP contribution in [0.3, 0.4) is 0 Å². The fourth-order valence-corrected chi connectivity index (χ4v) is 5.56. The van der Waals surface area contributed by atoms with Crippen LogP contribution in [0.25, 0.3) is 0 Å². The van der Waals surface area contributed by atoms with Crippen LogP contribution in [0.15, 0.2) is 47.4 Å². The summed E-state index contributed by atoms with van der Waals surface area (Å²) in [5, 5.41) is 11.9. The maximum atomic E-state index is 14.0. The molecule has 7 nitrogen and oxygen atoms in total. The van der Waals surface area contributed by atoms with Gasteiger partial charge in [0, 0.05) is 23.7 Å². The standard InChI is InChI=1S/C22H24FN3O4S/c1-15-7-5-6-12-26(15)31(28,29)21-13-16(10-11-20(21)30-2)22(27)25-19(14-24)17-8-3-4-9-18(17)23/h3-4,8-11,13,15,19H,5-7,12H2,1-2H3,(H,25,27). The molecular formula is C22H24FN3O4S. The van der Waals surface area contributed by atoms with Gasteiger partial charge in [-0.1, -0.05) is 24.6 Å². The Morgan fingerprint density at radius 3 is 2.68 bits per heavy atom. The van der Waals surface area contributed by atoms with E-state index in [1.807, 2.05) is 13.0 Å². The number of amides is 1. The first-order chi connectivity index (χ1) is 14.8. The summed E-state index contributed by atoms with van der Waals surface area (Å²) in [6.07, 6.45) is 2.48. The molecule has 2 aromatic carbocycles. The molecule has 1 saturated heterocycles. The average molecular weight is 446 g/mol. The first kappa shape index (κ1) is 22.7. The molecule has 164 valence electrons. The van der Waals surface area contributed by atoms with Crippen molar-refractivity contribution in [2.45, 2.75) is 43.2 Å². The first-order valence-corrected chi connectivity index (χ1v) is 11.4. The molecule has 0 aliphatic carbocycles. The Labute approximate surface area is 181 Å². The Kier molecular flexibility index (Phi) is 6.93. The lowest BCUT2D eigenvalue weighted by Crippen LogP contribution is -2.42. The third kappa shape index (κ3) is 4.70. The molecule has 2 atom stereocenters. The van der Waals surface area contributed by atoms with E-state index in [1.165, 1.54) is 47.8 Å². The number of halogens is 1. The van der Waals surface area contributed by atoms with Crippen molar-refractivity contribution in [1.82, 2.24) is 9.62 Å². The average Bonchev–Trinajstić information content (AvgIpc) is 2.77. The molecule has 9 heteroatoms. The van der Waals surface area contributed by atoms with Crippen molar-refractivity contribution in [3.63, 3.8) is 0 Å². The normalized spacial score (nSPS) is 18.1. The van der Waals surface area contributed by atoms with Gasteiger partial charge in [-0.15, -0.1) is 0 Å². The SMILES string of the molecule is COc1ccc(C(=O)NC(C#N)c2ccccc2F)cc1S(=O)(=O)N1CCCCC1C. The van der Waals surface area contributed by atoms with Gasteiger partial charge in [-0.3, -0.25) is 4.79 Å². The van der Waals surface area contributed by atoms with Crippen LogP contribution in [0.1, 0.15) is 48.1 Å². The van der Waals surface area contributed by atoms with Crippen molar-refractivity contribution in [3.05, 3.63) is 59.4 Å². The molecular weight excluding hydrogens is 421 g/mol. The predicted molar refractivity (Wildman–Crippen MR) is 112 cm³/mol. The molecule has 2 unspecified atom stereocenters. The lowest BCUT2D eigenvalue weighted by atomic mass is 10.1. The van der Waals surface area contributed by atoms with Crippen LogP contribution >= 0.6 is 0 Å². The van der Waals surface area contributed by atoms with Crippen LogP contribution < -0.4 is 10.1 Å². The predicted octanol–water partition coefficient (Wildman–Crippen LogP) is 3.39. The van der Waals surface area contributed by atoms with Gasteiger partial charge in [0.2, 0.25) is 10.0 Å². The highest BCUT2D eigenvalue weighted by atomic mass is 32.2. The van der Waals surface area contributed by atoms with E-state index in [0.717, 1.165) is 19.3 Å². The molecule has 1 N–H and O–H groups in total. The highest BCUT2D eigenvalue weighted by molar-refractivity contribution is 7.89. The number of methoxy groups -OCH3 is 1. The number of carbonyl (C=O) groups is 1. The summed E-state index contributed by atoms with van der Waals surface area (Å²) in [6.45, 7) is 2.25. The van der Waals surface area contributed by atoms with E-state index in [1.54, 1.807) is 6.07 Å². The van der Waals surface area contributed by atoms with Crippen LogP contribution in [-0.2, 0) is 10.0 Å². The Morgan fingerprint density at radius 2 is 2.03 bits per heavy atom. The van der Waals surface area contributed by atoms with Crippen molar-refractivity contribution in [1.29, 1.82) is 5.26 Å². The van der Waals surface area contributed by atoms with Crippen LogP contribution in [0.4, 0.5) is 4.39 Å².